The van der Waals surface area contributed by atoms with E-state index in [1.807, 2.05) is 24.3 Å². The van der Waals surface area contributed by atoms with E-state index in [2.05, 4.69) is 16.7 Å². The monoisotopic (exact) mass is 354 g/mol. The molecule has 0 aliphatic carbocycles. The third-order valence-corrected chi connectivity index (χ3v) is 3.90. The van der Waals surface area contributed by atoms with Gasteiger partial charge in [0, 0.05) is 38.3 Å². The molecule has 140 valence electrons. The van der Waals surface area contributed by atoms with E-state index in [0.717, 1.165) is 50.6 Å². The summed E-state index contributed by atoms with van der Waals surface area (Å²) < 4.78 is 5.77. The molecule has 0 spiro atoms. The Morgan fingerprint density at radius 1 is 1.04 bits per heavy atom. The van der Waals surface area contributed by atoms with E-state index in [-0.39, 0.29) is 6.61 Å². The number of carboxylic acid groups (broad SMARTS) is 2. The summed E-state index contributed by atoms with van der Waals surface area (Å²) in [4.78, 5) is 23.1. The minimum absolute atomic E-state index is 0.0331. The summed E-state index contributed by atoms with van der Waals surface area (Å²) in [5.74, 6) is -2.85. The Morgan fingerprint density at radius 2 is 1.60 bits per heavy atom. The maximum Gasteiger partial charge on any atom is 0.414 e. The van der Waals surface area contributed by atoms with Crippen LogP contribution in [0.25, 0.3) is 0 Å². The highest BCUT2D eigenvalue weighted by molar-refractivity contribution is 6.27. The molecule has 1 aromatic carbocycles. The van der Waals surface area contributed by atoms with Gasteiger partial charge in [-0.3, -0.25) is 4.90 Å². The average molecular weight is 354 g/mol. The maximum absolute atomic E-state index is 9.23. The standard InChI is InChI=1S/C15H24N2O2.C2H2O4/c1-2-16-7-9-17(10-8-16)11-12-19-15-6-4-3-5-14(15)13-18;3-1(4)2(5)6/h3-6,18H,2,7-13H2,1H3;(H,3,4)(H,5,6). The molecule has 3 N–H and O–H groups in total. The van der Waals surface area contributed by atoms with Crippen LogP contribution < -0.4 is 4.74 Å². The molecule has 8 heteroatoms. The number of hydrogen-bond donors (Lipinski definition) is 3. The van der Waals surface area contributed by atoms with Crippen LogP contribution in [0.5, 0.6) is 5.75 Å². The van der Waals surface area contributed by atoms with E-state index in [1.165, 1.54) is 0 Å². The van der Waals surface area contributed by atoms with Crippen molar-refractivity contribution in [2.75, 3.05) is 45.9 Å². The zero-order valence-electron chi connectivity index (χ0n) is 14.4. The number of carbonyl (C=O) groups is 2. The molecule has 8 nitrogen and oxygen atoms in total. The lowest BCUT2D eigenvalue weighted by Gasteiger charge is -2.33. The lowest BCUT2D eigenvalue weighted by Crippen LogP contribution is -2.47. The molecule has 1 aliphatic heterocycles. The van der Waals surface area contributed by atoms with Gasteiger partial charge in [-0.15, -0.1) is 0 Å². The Hall–Kier alpha value is -2.16. The van der Waals surface area contributed by atoms with E-state index >= 15 is 0 Å². The second-order valence-corrected chi connectivity index (χ2v) is 5.50. The number of carboxylic acids is 2. The molecule has 0 unspecified atom stereocenters. The first-order chi connectivity index (χ1) is 12.0. The number of aliphatic hydroxyl groups is 1. The highest BCUT2D eigenvalue weighted by Gasteiger charge is 2.15. The van der Waals surface area contributed by atoms with Crippen molar-refractivity contribution in [3.63, 3.8) is 0 Å². The van der Waals surface area contributed by atoms with Gasteiger partial charge in [0.15, 0.2) is 0 Å². The van der Waals surface area contributed by atoms with Crippen molar-refractivity contribution >= 4 is 11.9 Å². The van der Waals surface area contributed by atoms with Crippen LogP contribution in [0.4, 0.5) is 0 Å². The van der Waals surface area contributed by atoms with Gasteiger partial charge in [0.25, 0.3) is 0 Å². The summed E-state index contributed by atoms with van der Waals surface area (Å²) in [5, 5.41) is 24.0. The molecule has 0 radical (unpaired) electrons. The number of rotatable bonds is 6. The number of ether oxygens (including phenoxy) is 1. The van der Waals surface area contributed by atoms with Crippen LogP contribution in [-0.2, 0) is 16.2 Å². The van der Waals surface area contributed by atoms with E-state index in [1.54, 1.807) is 0 Å². The molecule has 0 saturated carbocycles. The molecule has 0 atom stereocenters. The predicted molar refractivity (Wildman–Crippen MR) is 91.7 cm³/mol. The number of hydrogen-bond acceptors (Lipinski definition) is 6. The fourth-order valence-electron chi connectivity index (χ4n) is 2.39. The van der Waals surface area contributed by atoms with E-state index in [9.17, 15) is 5.11 Å². The van der Waals surface area contributed by atoms with Gasteiger partial charge in [-0.2, -0.15) is 0 Å². The van der Waals surface area contributed by atoms with Crippen molar-refractivity contribution in [1.82, 2.24) is 9.80 Å². The van der Waals surface area contributed by atoms with Crippen LogP contribution in [0.15, 0.2) is 24.3 Å². The Bertz CT molecular complexity index is 532. The number of aliphatic hydroxyl groups excluding tert-OH is 1. The fourth-order valence-corrected chi connectivity index (χ4v) is 2.39. The van der Waals surface area contributed by atoms with E-state index < -0.39 is 11.9 Å². The Labute approximate surface area is 147 Å². The van der Waals surface area contributed by atoms with Gasteiger partial charge in [0.2, 0.25) is 0 Å². The number of piperazine rings is 1. The third kappa shape index (κ3) is 7.97. The quantitative estimate of drug-likeness (QED) is 0.628. The van der Waals surface area contributed by atoms with Crippen molar-refractivity contribution in [2.45, 2.75) is 13.5 Å². The first-order valence-electron chi connectivity index (χ1n) is 8.20. The Balaban J connectivity index is 0.000000450. The number of aliphatic carboxylic acids is 2. The topological polar surface area (TPSA) is 111 Å². The first kappa shape index (κ1) is 20.9. The van der Waals surface area contributed by atoms with E-state index in [4.69, 9.17) is 24.5 Å². The second kappa shape index (κ2) is 11.4. The normalized spacial score (nSPS) is 15.1. The molecule has 1 aromatic rings. The molecule has 1 saturated heterocycles. The smallest absolute Gasteiger partial charge is 0.414 e. The van der Waals surface area contributed by atoms with Crippen LogP contribution in [-0.4, -0.2) is 82.9 Å². The van der Waals surface area contributed by atoms with Crippen molar-refractivity contribution < 1.29 is 29.6 Å². The van der Waals surface area contributed by atoms with Crippen LogP contribution in [0, 0.1) is 0 Å². The fraction of sp³-hybridized carbons (Fsp3) is 0.529. The van der Waals surface area contributed by atoms with Gasteiger partial charge in [0.05, 0.1) is 6.61 Å². The molecule has 0 amide bonds. The minimum atomic E-state index is -1.82. The van der Waals surface area contributed by atoms with Crippen LogP contribution in [0.3, 0.4) is 0 Å². The molecule has 1 heterocycles. The molecular weight excluding hydrogens is 328 g/mol. The molecule has 1 fully saturated rings. The Kier molecular flexibility index (Phi) is 9.53. The summed E-state index contributed by atoms with van der Waals surface area (Å²) in [6.07, 6.45) is 0. The summed E-state index contributed by atoms with van der Waals surface area (Å²) in [6, 6.07) is 7.67. The van der Waals surface area contributed by atoms with Crippen molar-refractivity contribution in [3.8, 4) is 5.75 Å². The highest BCUT2D eigenvalue weighted by Crippen LogP contribution is 2.17. The van der Waals surface area contributed by atoms with Gasteiger partial charge < -0.3 is 25.0 Å². The van der Waals surface area contributed by atoms with E-state index in [0.29, 0.717) is 6.61 Å². The number of benzene rings is 1. The second-order valence-electron chi connectivity index (χ2n) is 5.50. The van der Waals surface area contributed by atoms with Gasteiger partial charge in [0.1, 0.15) is 12.4 Å². The van der Waals surface area contributed by atoms with Gasteiger partial charge in [-0.1, -0.05) is 25.1 Å². The maximum atomic E-state index is 9.23. The average Bonchev–Trinajstić information content (AvgIpc) is 2.63. The Morgan fingerprint density at radius 3 is 2.12 bits per heavy atom. The molecule has 2 rings (SSSR count). The SMILES string of the molecule is CCN1CCN(CCOc2ccccc2CO)CC1.O=C(O)C(=O)O. The largest absolute Gasteiger partial charge is 0.492 e. The highest BCUT2D eigenvalue weighted by atomic mass is 16.5. The summed E-state index contributed by atoms with van der Waals surface area (Å²) in [5.41, 5.74) is 0.860. The number of nitrogens with zero attached hydrogens (tertiary/aromatic N) is 2. The van der Waals surface area contributed by atoms with Gasteiger partial charge in [-0.25, -0.2) is 9.59 Å². The molecular formula is C17H26N2O6. The van der Waals surface area contributed by atoms with Crippen molar-refractivity contribution in [2.24, 2.45) is 0 Å². The minimum Gasteiger partial charge on any atom is -0.492 e. The first-order valence-corrected chi connectivity index (χ1v) is 8.20. The summed E-state index contributed by atoms with van der Waals surface area (Å²) in [6.45, 7) is 9.59. The molecule has 0 aromatic heterocycles. The molecule has 25 heavy (non-hydrogen) atoms. The number of likely N-dealkylation sites (N-methyl/N-ethyl adjacent to an activating group) is 1. The van der Waals surface area contributed by atoms with Gasteiger partial charge >= 0.3 is 11.9 Å². The summed E-state index contributed by atoms with van der Waals surface area (Å²) >= 11 is 0. The molecule has 1 aliphatic rings. The van der Waals surface area contributed by atoms with Gasteiger partial charge in [-0.05, 0) is 12.6 Å². The molecule has 0 bridgehead atoms. The predicted octanol–water partition coefficient (Wildman–Crippen LogP) is 0.351. The van der Waals surface area contributed by atoms with Crippen molar-refractivity contribution in [3.05, 3.63) is 29.8 Å². The van der Waals surface area contributed by atoms with Crippen LogP contribution in [0.2, 0.25) is 0 Å². The van der Waals surface area contributed by atoms with Crippen LogP contribution >= 0.6 is 0 Å². The van der Waals surface area contributed by atoms with Crippen molar-refractivity contribution in [1.29, 1.82) is 0 Å². The lowest BCUT2D eigenvalue weighted by molar-refractivity contribution is -0.159. The zero-order chi connectivity index (χ0) is 18.7. The summed E-state index contributed by atoms with van der Waals surface area (Å²) in [7, 11) is 0. The lowest BCUT2D eigenvalue weighted by atomic mass is 10.2. The number of para-hydroxylation sites is 1. The third-order valence-electron chi connectivity index (χ3n) is 3.90. The van der Waals surface area contributed by atoms with Crippen LogP contribution in [0.1, 0.15) is 12.5 Å². The zero-order valence-corrected chi connectivity index (χ0v) is 14.4.